The van der Waals surface area contributed by atoms with Crippen molar-refractivity contribution in [3.8, 4) is 0 Å². The lowest BCUT2D eigenvalue weighted by molar-refractivity contribution is 0.101. The zero-order valence-electron chi connectivity index (χ0n) is 14.3. The molecule has 3 aromatic rings. The number of ketones is 1. The minimum absolute atomic E-state index is 0.0609. The fourth-order valence-electron chi connectivity index (χ4n) is 2.94. The van der Waals surface area contributed by atoms with Crippen molar-refractivity contribution in [2.45, 2.75) is 13.3 Å². The van der Waals surface area contributed by atoms with Gasteiger partial charge in [-0.2, -0.15) is 0 Å². The van der Waals surface area contributed by atoms with E-state index in [2.05, 4.69) is 0 Å². The largest absolute Gasteiger partial charge is 0.314 e. The molecular formula is C22H21O2P. The number of hydrogen-bond acceptors (Lipinski definition) is 2. The van der Waals surface area contributed by atoms with Crippen LogP contribution in [0.5, 0.6) is 0 Å². The molecule has 0 radical (unpaired) electrons. The summed E-state index contributed by atoms with van der Waals surface area (Å²) in [4.78, 5) is 11.4. The van der Waals surface area contributed by atoms with E-state index in [1.165, 1.54) is 0 Å². The molecule has 0 N–H and O–H groups in total. The molecule has 2 nitrogen and oxygen atoms in total. The van der Waals surface area contributed by atoms with Crippen LogP contribution >= 0.6 is 7.14 Å². The molecule has 0 aromatic heterocycles. The first-order chi connectivity index (χ1) is 12.1. The Morgan fingerprint density at radius 2 is 1.24 bits per heavy atom. The van der Waals surface area contributed by atoms with E-state index in [-0.39, 0.29) is 5.78 Å². The van der Waals surface area contributed by atoms with Crippen LogP contribution in [-0.2, 0) is 11.0 Å². The van der Waals surface area contributed by atoms with Gasteiger partial charge in [-0.3, -0.25) is 4.79 Å². The highest BCUT2D eigenvalue weighted by molar-refractivity contribution is 7.78. The molecule has 0 saturated carbocycles. The molecule has 0 atom stereocenters. The van der Waals surface area contributed by atoms with E-state index >= 15 is 0 Å². The van der Waals surface area contributed by atoms with Gasteiger partial charge in [-0.15, -0.1) is 0 Å². The highest BCUT2D eigenvalue weighted by Crippen LogP contribution is 2.43. The molecule has 3 rings (SSSR count). The van der Waals surface area contributed by atoms with Crippen LogP contribution in [0.2, 0.25) is 0 Å². The molecule has 0 bridgehead atoms. The summed E-state index contributed by atoms with van der Waals surface area (Å²) in [5.41, 5.74) is 1.80. The van der Waals surface area contributed by atoms with Crippen molar-refractivity contribution in [3.63, 3.8) is 0 Å². The molecule has 0 saturated heterocycles. The van der Waals surface area contributed by atoms with Gasteiger partial charge in [0.1, 0.15) is 7.14 Å². The number of aryl methyl sites for hydroxylation is 1. The lowest BCUT2D eigenvalue weighted by Gasteiger charge is -2.19. The van der Waals surface area contributed by atoms with E-state index in [9.17, 15) is 9.36 Å². The first-order valence-electron chi connectivity index (χ1n) is 8.40. The van der Waals surface area contributed by atoms with Gasteiger partial charge in [-0.1, -0.05) is 84.9 Å². The molecule has 0 aliphatic rings. The third-order valence-corrected chi connectivity index (χ3v) is 7.54. The molecule has 3 heteroatoms. The van der Waals surface area contributed by atoms with Crippen LogP contribution in [-0.4, -0.2) is 11.9 Å². The summed E-state index contributed by atoms with van der Waals surface area (Å²) in [7, 11) is -2.69. The Morgan fingerprint density at radius 3 is 1.68 bits per heavy atom. The van der Waals surface area contributed by atoms with Gasteiger partial charge in [0, 0.05) is 22.3 Å². The number of carbonyl (C=O) groups is 1. The average molecular weight is 348 g/mol. The van der Waals surface area contributed by atoms with Gasteiger partial charge in [0.15, 0.2) is 5.78 Å². The molecule has 0 spiro atoms. The van der Waals surface area contributed by atoms with Crippen LogP contribution in [0, 0.1) is 0 Å². The number of hydrogen-bond donors (Lipinski definition) is 0. The van der Waals surface area contributed by atoms with E-state index in [1.807, 2.05) is 84.9 Å². The average Bonchev–Trinajstić information content (AvgIpc) is 2.68. The highest BCUT2D eigenvalue weighted by Gasteiger charge is 2.26. The molecule has 0 aliphatic heterocycles. The molecule has 0 aliphatic carbocycles. The Bertz CT molecular complexity index is 841. The van der Waals surface area contributed by atoms with Crippen molar-refractivity contribution < 1.29 is 9.36 Å². The van der Waals surface area contributed by atoms with Gasteiger partial charge in [-0.25, -0.2) is 0 Å². The lowest BCUT2D eigenvalue weighted by atomic mass is 10.1. The Balaban J connectivity index is 1.89. The normalized spacial score (nSPS) is 11.2. The second-order valence-corrected chi connectivity index (χ2v) is 9.10. The van der Waals surface area contributed by atoms with E-state index < -0.39 is 7.14 Å². The molecule has 126 valence electrons. The maximum absolute atomic E-state index is 13.9. The number of carbonyl (C=O) groups excluding carboxylic acids is 1. The zero-order valence-corrected chi connectivity index (χ0v) is 15.2. The Morgan fingerprint density at radius 1 is 0.760 bits per heavy atom. The number of benzene rings is 3. The minimum atomic E-state index is -2.69. The van der Waals surface area contributed by atoms with Crippen LogP contribution in [0.1, 0.15) is 22.8 Å². The Kier molecular flexibility index (Phi) is 5.31. The van der Waals surface area contributed by atoms with E-state index in [0.29, 0.717) is 18.1 Å². The highest BCUT2D eigenvalue weighted by atomic mass is 31.2. The summed E-state index contributed by atoms with van der Waals surface area (Å²) in [6, 6.07) is 27.0. The molecule has 0 heterocycles. The second kappa shape index (κ2) is 7.63. The van der Waals surface area contributed by atoms with Gasteiger partial charge in [0.2, 0.25) is 0 Å². The Hall–Kier alpha value is -2.44. The van der Waals surface area contributed by atoms with E-state index in [1.54, 1.807) is 6.92 Å². The predicted molar refractivity (Wildman–Crippen MR) is 105 cm³/mol. The van der Waals surface area contributed by atoms with Gasteiger partial charge < -0.3 is 4.57 Å². The molecule has 0 amide bonds. The maximum Gasteiger partial charge on any atom is 0.159 e. The van der Waals surface area contributed by atoms with Crippen molar-refractivity contribution in [3.05, 3.63) is 96.1 Å². The van der Waals surface area contributed by atoms with Crippen molar-refractivity contribution in [1.82, 2.24) is 0 Å². The quantitative estimate of drug-likeness (QED) is 0.487. The molecule has 3 aromatic carbocycles. The SMILES string of the molecule is CC(=O)c1ccc(CCP(=O)(c2ccccc2)c2ccccc2)cc1. The van der Waals surface area contributed by atoms with Crippen molar-refractivity contribution >= 4 is 23.5 Å². The van der Waals surface area contributed by atoms with Gasteiger partial charge >= 0.3 is 0 Å². The smallest absolute Gasteiger partial charge is 0.159 e. The van der Waals surface area contributed by atoms with Gasteiger partial charge in [0.05, 0.1) is 0 Å². The number of rotatable bonds is 6. The van der Waals surface area contributed by atoms with Gasteiger partial charge in [-0.05, 0) is 18.9 Å². The molecule has 0 fully saturated rings. The summed E-state index contributed by atoms with van der Waals surface area (Å²) >= 11 is 0. The number of Topliss-reactive ketones (excluding diaryl/α,β-unsaturated/α-hetero) is 1. The first-order valence-corrected chi connectivity index (χ1v) is 10.3. The first kappa shape index (κ1) is 17.4. The molecular weight excluding hydrogens is 327 g/mol. The van der Waals surface area contributed by atoms with Crippen LogP contribution < -0.4 is 10.6 Å². The third kappa shape index (κ3) is 3.97. The fraction of sp³-hybridized carbons (Fsp3) is 0.136. The summed E-state index contributed by atoms with van der Waals surface area (Å²) in [5.74, 6) is 0.0609. The second-order valence-electron chi connectivity index (χ2n) is 6.14. The van der Waals surface area contributed by atoms with Crippen molar-refractivity contribution in [2.24, 2.45) is 0 Å². The van der Waals surface area contributed by atoms with Gasteiger partial charge in [0.25, 0.3) is 0 Å². The fourth-order valence-corrected chi connectivity index (χ4v) is 5.63. The van der Waals surface area contributed by atoms with Crippen molar-refractivity contribution in [1.29, 1.82) is 0 Å². The standard InChI is InChI=1S/C22H21O2P/c1-18(23)20-14-12-19(13-15-20)16-17-25(24,21-8-4-2-5-9-21)22-10-6-3-7-11-22/h2-15H,16-17H2,1H3. The van der Waals surface area contributed by atoms with Crippen LogP contribution in [0.25, 0.3) is 0 Å². The van der Waals surface area contributed by atoms with E-state index in [4.69, 9.17) is 0 Å². The van der Waals surface area contributed by atoms with Crippen molar-refractivity contribution in [2.75, 3.05) is 6.16 Å². The monoisotopic (exact) mass is 348 g/mol. The topological polar surface area (TPSA) is 34.1 Å². The summed E-state index contributed by atoms with van der Waals surface area (Å²) in [6.45, 7) is 1.56. The third-order valence-electron chi connectivity index (χ3n) is 4.42. The molecule has 25 heavy (non-hydrogen) atoms. The minimum Gasteiger partial charge on any atom is -0.314 e. The van der Waals surface area contributed by atoms with E-state index in [0.717, 1.165) is 16.2 Å². The lowest BCUT2D eigenvalue weighted by Crippen LogP contribution is -2.19. The summed E-state index contributed by atoms with van der Waals surface area (Å²) < 4.78 is 13.9. The zero-order chi connectivity index (χ0) is 17.7. The van der Waals surface area contributed by atoms with Crippen LogP contribution in [0.4, 0.5) is 0 Å². The Labute approximate surface area is 148 Å². The molecule has 0 unspecified atom stereocenters. The maximum atomic E-state index is 13.9. The summed E-state index contributed by atoms with van der Waals surface area (Å²) in [6.07, 6.45) is 1.28. The summed E-state index contributed by atoms with van der Waals surface area (Å²) in [5, 5.41) is 1.78. The van der Waals surface area contributed by atoms with Crippen LogP contribution in [0.15, 0.2) is 84.9 Å². The van der Waals surface area contributed by atoms with Crippen LogP contribution in [0.3, 0.4) is 0 Å². The predicted octanol–water partition coefficient (Wildman–Crippen LogP) is 4.45.